The normalized spacial score (nSPS) is 11.0. The van der Waals surface area contributed by atoms with E-state index < -0.39 is 0 Å². The molecule has 114 valence electrons. The monoisotopic (exact) mass is 306 g/mol. The van der Waals surface area contributed by atoms with Crippen LogP contribution in [0.5, 0.6) is 5.75 Å². The Hall–Kier alpha value is -3.15. The number of ether oxygens (including phenoxy) is 1. The highest BCUT2D eigenvalue weighted by atomic mass is 16.5. The fourth-order valence-corrected chi connectivity index (χ4v) is 2.54. The van der Waals surface area contributed by atoms with Gasteiger partial charge in [0.2, 0.25) is 5.89 Å². The number of hydrogen-bond acceptors (Lipinski definition) is 5. The van der Waals surface area contributed by atoms with Gasteiger partial charge in [-0.05, 0) is 30.3 Å². The molecule has 4 aromatic rings. The second-order valence-corrected chi connectivity index (χ2v) is 5.13. The lowest BCUT2D eigenvalue weighted by Gasteiger charge is -1.99. The number of rotatable bonds is 3. The summed E-state index contributed by atoms with van der Waals surface area (Å²) in [6.07, 6.45) is 0. The van der Waals surface area contributed by atoms with E-state index in [1.807, 2.05) is 60.3 Å². The second-order valence-electron chi connectivity index (χ2n) is 5.13. The first-order valence-corrected chi connectivity index (χ1v) is 7.16. The van der Waals surface area contributed by atoms with Gasteiger partial charge in [-0.2, -0.15) is 5.10 Å². The minimum absolute atomic E-state index is 0.410. The van der Waals surface area contributed by atoms with Crippen molar-refractivity contribution >= 4 is 10.9 Å². The van der Waals surface area contributed by atoms with E-state index in [4.69, 9.17) is 9.15 Å². The quantitative estimate of drug-likeness (QED) is 0.581. The molecule has 23 heavy (non-hydrogen) atoms. The lowest BCUT2D eigenvalue weighted by molar-refractivity contribution is 0.415. The fraction of sp³-hybridized carbons (Fsp3) is 0.118. The van der Waals surface area contributed by atoms with Gasteiger partial charge in [-0.25, -0.2) is 0 Å². The van der Waals surface area contributed by atoms with E-state index in [0.29, 0.717) is 17.5 Å². The largest absolute Gasteiger partial charge is 0.497 e. The van der Waals surface area contributed by atoms with Crippen LogP contribution in [0, 0.1) is 0 Å². The first-order valence-electron chi connectivity index (χ1n) is 7.16. The summed E-state index contributed by atoms with van der Waals surface area (Å²) in [6.45, 7) is 0. The van der Waals surface area contributed by atoms with Crippen LogP contribution in [0.4, 0.5) is 0 Å². The number of nitrogens with zero attached hydrogens (tertiary/aromatic N) is 4. The Labute approximate surface area is 132 Å². The van der Waals surface area contributed by atoms with E-state index in [2.05, 4.69) is 15.3 Å². The third-order valence-corrected chi connectivity index (χ3v) is 3.72. The molecule has 0 unspecified atom stereocenters. The van der Waals surface area contributed by atoms with E-state index in [9.17, 15) is 0 Å². The molecule has 0 amide bonds. The van der Waals surface area contributed by atoms with Crippen molar-refractivity contribution in [3.05, 3.63) is 48.5 Å². The maximum Gasteiger partial charge on any atom is 0.269 e. The molecule has 6 nitrogen and oxygen atoms in total. The molecule has 0 fully saturated rings. The Morgan fingerprint density at radius 3 is 2.48 bits per heavy atom. The third-order valence-electron chi connectivity index (χ3n) is 3.72. The average molecular weight is 306 g/mol. The van der Waals surface area contributed by atoms with Crippen molar-refractivity contribution < 1.29 is 9.15 Å². The van der Waals surface area contributed by atoms with Gasteiger partial charge in [-0.3, -0.25) is 4.68 Å². The summed E-state index contributed by atoms with van der Waals surface area (Å²) < 4.78 is 12.8. The Bertz CT molecular complexity index is 970. The predicted octanol–water partition coefficient (Wildman–Crippen LogP) is 3.30. The van der Waals surface area contributed by atoms with E-state index in [-0.39, 0.29) is 0 Å². The van der Waals surface area contributed by atoms with Crippen LogP contribution >= 0.6 is 0 Å². The van der Waals surface area contributed by atoms with Crippen LogP contribution < -0.4 is 4.74 Å². The minimum atomic E-state index is 0.410. The molecule has 0 aliphatic carbocycles. The van der Waals surface area contributed by atoms with Gasteiger partial charge in [0.15, 0.2) is 5.69 Å². The maximum absolute atomic E-state index is 5.81. The lowest BCUT2D eigenvalue weighted by Crippen LogP contribution is -1.89. The van der Waals surface area contributed by atoms with Crippen LogP contribution in [0.1, 0.15) is 0 Å². The van der Waals surface area contributed by atoms with Gasteiger partial charge in [0, 0.05) is 18.0 Å². The first kappa shape index (κ1) is 13.5. The molecular formula is C17H14N4O2. The molecule has 6 heteroatoms. The Morgan fingerprint density at radius 2 is 1.70 bits per heavy atom. The van der Waals surface area contributed by atoms with E-state index in [1.54, 1.807) is 7.11 Å². The van der Waals surface area contributed by atoms with Crippen LogP contribution in [0.3, 0.4) is 0 Å². The number of hydrogen-bond donors (Lipinski definition) is 0. The number of para-hydroxylation sites is 1. The van der Waals surface area contributed by atoms with Crippen LogP contribution in [0.15, 0.2) is 52.9 Å². The first-order chi connectivity index (χ1) is 11.3. The molecule has 2 aromatic heterocycles. The van der Waals surface area contributed by atoms with Gasteiger partial charge >= 0.3 is 0 Å². The lowest BCUT2D eigenvalue weighted by atomic mass is 10.2. The van der Waals surface area contributed by atoms with Crippen LogP contribution in [0.25, 0.3) is 33.9 Å². The highest BCUT2D eigenvalue weighted by Gasteiger charge is 2.17. The molecule has 0 atom stereocenters. The standard InChI is InChI=1S/C17H14N4O2/c1-21-14-6-4-3-5-13(14)15(20-21)17-19-18-16(23-17)11-7-9-12(22-2)10-8-11/h3-10H,1-2H3. The average Bonchev–Trinajstić information content (AvgIpc) is 3.21. The molecule has 2 heterocycles. The molecule has 0 saturated heterocycles. The van der Waals surface area contributed by atoms with Gasteiger partial charge in [-0.1, -0.05) is 18.2 Å². The van der Waals surface area contributed by atoms with Crippen molar-refractivity contribution in [1.82, 2.24) is 20.0 Å². The molecule has 0 radical (unpaired) electrons. The minimum Gasteiger partial charge on any atom is -0.497 e. The number of benzene rings is 2. The van der Waals surface area contributed by atoms with Crippen molar-refractivity contribution in [2.75, 3.05) is 7.11 Å². The summed E-state index contributed by atoms with van der Waals surface area (Å²) in [5.74, 6) is 1.65. The van der Waals surface area contributed by atoms with Crippen LogP contribution in [-0.2, 0) is 7.05 Å². The van der Waals surface area contributed by atoms with Crippen molar-refractivity contribution in [2.24, 2.45) is 7.05 Å². The highest BCUT2D eigenvalue weighted by molar-refractivity contribution is 5.91. The second kappa shape index (κ2) is 5.24. The summed E-state index contributed by atoms with van der Waals surface area (Å²) >= 11 is 0. The van der Waals surface area contributed by atoms with Gasteiger partial charge in [0.05, 0.1) is 12.6 Å². The topological polar surface area (TPSA) is 66.0 Å². The van der Waals surface area contributed by atoms with E-state index in [1.165, 1.54) is 0 Å². The SMILES string of the molecule is COc1ccc(-c2nnc(-c3nn(C)c4ccccc34)o2)cc1. The summed E-state index contributed by atoms with van der Waals surface area (Å²) in [6, 6.07) is 15.4. The third kappa shape index (κ3) is 2.24. The zero-order valence-corrected chi connectivity index (χ0v) is 12.7. The molecule has 0 bridgehead atoms. The van der Waals surface area contributed by atoms with Crippen LogP contribution in [0.2, 0.25) is 0 Å². The molecule has 0 saturated carbocycles. The van der Waals surface area contributed by atoms with Gasteiger partial charge < -0.3 is 9.15 Å². The Morgan fingerprint density at radius 1 is 0.957 bits per heavy atom. The summed E-state index contributed by atoms with van der Waals surface area (Å²) in [4.78, 5) is 0. The van der Waals surface area contributed by atoms with Crippen molar-refractivity contribution in [1.29, 1.82) is 0 Å². The summed E-state index contributed by atoms with van der Waals surface area (Å²) in [5.41, 5.74) is 2.55. The smallest absolute Gasteiger partial charge is 0.269 e. The fourth-order valence-electron chi connectivity index (χ4n) is 2.54. The Kier molecular flexibility index (Phi) is 3.08. The van der Waals surface area contributed by atoms with E-state index in [0.717, 1.165) is 22.2 Å². The molecule has 0 spiro atoms. The van der Waals surface area contributed by atoms with Crippen molar-refractivity contribution in [3.8, 4) is 28.8 Å². The molecule has 0 aliphatic heterocycles. The van der Waals surface area contributed by atoms with E-state index >= 15 is 0 Å². The zero-order valence-electron chi connectivity index (χ0n) is 12.7. The number of aromatic nitrogens is 4. The number of methoxy groups -OCH3 is 1. The van der Waals surface area contributed by atoms with Crippen LogP contribution in [-0.4, -0.2) is 27.1 Å². The predicted molar refractivity (Wildman–Crippen MR) is 86.0 cm³/mol. The molecule has 0 aliphatic rings. The summed E-state index contributed by atoms with van der Waals surface area (Å²) in [7, 11) is 3.53. The molecular weight excluding hydrogens is 292 g/mol. The van der Waals surface area contributed by atoms with Gasteiger partial charge in [-0.15, -0.1) is 10.2 Å². The number of aryl methyl sites for hydroxylation is 1. The molecule has 0 N–H and O–H groups in total. The summed E-state index contributed by atoms with van der Waals surface area (Å²) in [5, 5.41) is 13.8. The van der Waals surface area contributed by atoms with Crippen molar-refractivity contribution in [3.63, 3.8) is 0 Å². The molecule has 4 rings (SSSR count). The molecule has 2 aromatic carbocycles. The van der Waals surface area contributed by atoms with Gasteiger partial charge in [0.1, 0.15) is 5.75 Å². The maximum atomic E-state index is 5.81. The Balaban J connectivity index is 1.77. The number of fused-ring (bicyclic) bond motifs is 1. The zero-order chi connectivity index (χ0) is 15.8. The van der Waals surface area contributed by atoms with Crippen molar-refractivity contribution in [2.45, 2.75) is 0 Å². The van der Waals surface area contributed by atoms with Gasteiger partial charge in [0.25, 0.3) is 5.89 Å². The highest BCUT2D eigenvalue weighted by Crippen LogP contribution is 2.29.